The lowest BCUT2D eigenvalue weighted by atomic mass is 10.2. The molecule has 2 N–H and O–H groups in total. The molecule has 1 aliphatic rings. The third-order valence-electron chi connectivity index (χ3n) is 4.46. The van der Waals surface area contributed by atoms with Gasteiger partial charge in [-0.1, -0.05) is 0 Å². The Labute approximate surface area is 148 Å². The standard InChI is InChI=1S/C17H18FN5O3/c18-12-1-2-14-11(5-12)6-22(3-4-26-14)16-15-17(20-9-19-16)23(10-21-15)13(7-24)8-25/h1-2,5,9-10,13,24-25H,3-4,6-8H2. The van der Waals surface area contributed by atoms with Gasteiger partial charge >= 0.3 is 0 Å². The molecule has 0 bridgehead atoms. The zero-order valence-corrected chi connectivity index (χ0v) is 13.9. The van der Waals surface area contributed by atoms with E-state index in [9.17, 15) is 14.6 Å². The third kappa shape index (κ3) is 2.85. The third-order valence-corrected chi connectivity index (χ3v) is 4.46. The maximum Gasteiger partial charge on any atom is 0.165 e. The van der Waals surface area contributed by atoms with E-state index in [1.54, 1.807) is 10.6 Å². The van der Waals surface area contributed by atoms with Gasteiger partial charge in [-0.25, -0.2) is 19.3 Å². The van der Waals surface area contributed by atoms with Gasteiger partial charge in [0.15, 0.2) is 17.0 Å². The lowest BCUT2D eigenvalue weighted by molar-refractivity contribution is 0.156. The van der Waals surface area contributed by atoms with Crippen molar-refractivity contribution in [2.45, 2.75) is 12.6 Å². The molecule has 1 aliphatic heterocycles. The topological polar surface area (TPSA) is 96.5 Å². The van der Waals surface area contributed by atoms with Crippen LogP contribution in [0.15, 0.2) is 30.9 Å². The molecule has 0 amide bonds. The Morgan fingerprint density at radius 2 is 2.04 bits per heavy atom. The fourth-order valence-corrected chi connectivity index (χ4v) is 3.12. The summed E-state index contributed by atoms with van der Waals surface area (Å²) in [6.45, 7) is 0.950. The SMILES string of the molecule is OCC(CO)n1cnc2c(N3CCOc4ccc(F)cc4C3)ncnc21. The number of aliphatic hydroxyl groups is 2. The molecule has 0 unspecified atom stereocenters. The highest BCUT2D eigenvalue weighted by Crippen LogP contribution is 2.29. The number of ether oxygens (including phenoxy) is 1. The number of fused-ring (bicyclic) bond motifs is 2. The number of benzene rings is 1. The Bertz CT molecular complexity index is 928. The highest BCUT2D eigenvalue weighted by atomic mass is 19.1. The maximum atomic E-state index is 13.6. The summed E-state index contributed by atoms with van der Waals surface area (Å²) in [6, 6.07) is 3.94. The number of aromatic nitrogens is 4. The molecule has 136 valence electrons. The van der Waals surface area contributed by atoms with Crippen molar-refractivity contribution in [2.75, 3.05) is 31.3 Å². The average molecular weight is 359 g/mol. The number of imidazole rings is 1. The summed E-state index contributed by atoms with van der Waals surface area (Å²) >= 11 is 0. The van der Waals surface area contributed by atoms with Crippen molar-refractivity contribution < 1.29 is 19.3 Å². The van der Waals surface area contributed by atoms with E-state index in [1.807, 2.05) is 4.90 Å². The van der Waals surface area contributed by atoms with Gasteiger partial charge in [-0.15, -0.1) is 0 Å². The van der Waals surface area contributed by atoms with Gasteiger partial charge in [0.1, 0.15) is 24.5 Å². The van der Waals surface area contributed by atoms with E-state index < -0.39 is 6.04 Å². The first-order valence-electron chi connectivity index (χ1n) is 8.26. The Hall–Kier alpha value is -2.78. The van der Waals surface area contributed by atoms with Gasteiger partial charge in [-0.05, 0) is 18.2 Å². The van der Waals surface area contributed by atoms with Crippen molar-refractivity contribution in [1.29, 1.82) is 0 Å². The Morgan fingerprint density at radius 1 is 1.19 bits per heavy atom. The van der Waals surface area contributed by atoms with Crippen LogP contribution in [0.5, 0.6) is 5.75 Å². The predicted octanol–water partition coefficient (Wildman–Crippen LogP) is 0.890. The number of hydrogen-bond acceptors (Lipinski definition) is 7. The first kappa shape index (κ1) is 16.7. The van der Waals surface area contributed by atoms with E-state index in [0.717, 1.165) is 5.56 Å². The molecule has 1 aromatic carbocycles. The van der Waals surface area contributed by atoms with Gasteiger partial charge in [0, 0.05) is 12.1 Å². The second-order valence-electron chi connectivity index (χ2n) is 6.06. The fourth-order valence-electron chi connectivity index (χ4n) is 3.12. The molecular formula is C17H18FN5O3. The van der Waals surface area contributed by atoms with Crippen molar-refractivity contribution in [2.24, 2.45) is 0 Å². The van der Waals surface area contributed by atoms with Gasteiger partial charge in [-0.3, -0.25) is 0 Å². The van der Waals surface area contributed by atoms with Crippen molar-refractivity contribution in [1.82, 2.24) is 19.5 Å². The number of rotatable bonds is 4. The molecule has 3 heterocycles. The lowest BCUT2D eigenvalue weighted by Gasteiger charge is -2.21. The summed E-state index contributed by atoms with van der Waals surface area (Å²) in [5.41, 5.74) is 1.81. The van der Waals surface area contributed by atoms with Crippen LogP contribution in [0.4, 0.5) is 10.2 Å². The van der Waals surface area contributed by atoms with Crippen LogP contribution >= 0.6 is 0 Å². The van der Waals surface area contributed by atoms with Crippen LogP contribution in [0.3, 0.4) is 0 Å². The highest BCUT2D eigenvalue weighted by Gasteiger charge is 2.22. The van der Waals surface area contributed by atoms with Crippen LogP contribution < -0.4 is 9.64 Å². The zero-order chi connectivity index (χ0) is 18.1. The van der Waals surface area contributed by atoms with E-state index in [-0.39, 0.29) is 19.0 Å². The minimum Gasteiger partial charge on any atom is -0.491 e. The average Bonchev–Trinajstić information content (AvgIpc) is 2.96. The molecule has 3 aromatic rings. The summed E-state index contributed by atoms with van der Waals surface area (Å²) in [5, 5.41) is 18.9. The molecule has 2 aromatic heterocycles. The van der Waals surface area contributed by atoms with Crippen molar-refractivity contribution in [3.8, 4) is 5.75 Å². The lowest BCUT2D eigenvalue weighted by Crippen LogP contribution is -2.26. The largest absolute Gasteiger partial charge is 0.491 e. The van der Waals surface area contributed by atoms with Crippen LogP contribution in [0.1, 0.15) is 11.6 Å². The Kier molecular flexibility index (Phi) is 4.39. The van der Waals surface area contributed by atoms with Crippen molar-refractivity contribution in [3.05, 3.63) is 42.2 Å². The fraction of sp³-hybridized carbons (Fsp3) is 0.353. The smallest absolute Gasteiger partial charge is 0.165 e. The van der Waals surface area contributed by atoms with Crippen LogP contribution in [0, 0.1) is 5.82 Å². The molecule has 0 radical (unpaired) electrons. The summed E-state index contributed by atoms with van der Waals surface area (Å²) in [5.74, 6) is 0.939. The first-order valence-corrected chi connectivity index (χ1v) is 8.26. The molecule has 0 saturated heterocycles. The number of halogens is 1. The quantitative estimate of drug-likeness (QED) is 0.714. The van der Waals surface area contributed by atoms with E-state index >= 15 is 0 Å². The second kappa shape index (κ2) is 6.85. The van der Waals surface area contributed by atoms with Gasteiger partial charge in [0.2, 0.25) is 0 Å². The normalized spacial score (nSPS) is 14.4. The molecule has 0 spiro atoms. The number of anilines is 1. The molecule has 4 rings (SSSR count). The zero-order valence-electron chi connectivity index (χ0n) is 13.9. The maximum absolute atomic E-state index is 13.6. The van der Waals surface area contributed by atoms with E-state index in [0.29, 0.717) is 42.4 Å². The second-order valence-corrected chi connectivity index (χ2v) is 6.06. The van der Waals surface area contributed by atoms with Crippen molar-refractivity contribution >= 4 is 17.0 Å². The summed E-state index contributed by atoms with van der Waals surface area (Å²) in [7, 11) is 0. The molecule has 8 nitrogen and oxygen atoms in total. The number of hydrogen-bond donors (Lipinski definition) is 2. The highest BCUT2D eigenvalue weighted by molar-refractivity contribution is 5.83. The molecule has 0 atom stereocenters. The van der Waals surface area contributed by atoms with Gasteiger partial charge < -0.3 is 24.4 Å². The van der Waals surface area contributed by atoms with E-state index in [2.05, 4.69) is 15.0 Å². The number of aliphatic hydroxyl groups excluding tert-OH is 2. The molecule has 26 heavy (non-hydrogen) atoms. The molecule has 0 aliphatic carbocycles. The van der Waals surface area contributed by atoms with Crippen LogP contribution in [0.25, 0.3) is 11.2 Å². The molecule has 0 saturated carbocycles. The van der Waals surface area contributed by atoms with Gasteiger partial charge in [0.05, 0.1) is 32.1 Å². The molecule has 0 fully saturated rings. The monoisotopic (exact) mass is 359 g/mol. The summed E-state index contributed by atoms with van der Waals surface area (Å²) < 4.78 is 20.9. The minimum atomic E-state index is -0.523. The van der Waals surface area contributed by atoms with E-state index in [4.69, 9.17) is 4.74 Å². The van der Waals surface area contributed by atoms with E-state index in [1.165, 1.54) is 24.8 Å². The van der Waals surface area contributed by atoms with Crippen LogP contribution in [0.2, 0.25) is 0 Å². The van der Waals surface area contributed by atoms with Crippen molar-refractivity contribution in [3.63, 3.8) is 0 Å². The molecular weight excluding hydrogens is 341 g/mol. The van der Waals surface area contributed by atoms with Crippen LogP contribution in [-0.2, 0) is 6.54 Å². The molecule has 9 heteroatoms. The Morgan fingerprint density at radius 3 is 2.85 bits per heavy atom. The summed E-state index contributed by atoms with van der Waals surface area (Å²) in [6.07, 6.45) is 2.95. The minimum absolute atomic E-state index is 0.231. The van der Waals surface area contributed by atoms with Gasteiger partial charge in [-0.2, -0.15) is 0 Å². The number of nitrogens with zero attached hydrogens (tertiary/aromatic N) is 5. The van der Waals surface area contributed by atoms with Gasteiger partial charge in [0.25, 0.3) is 0 Å². The Balaban J connectivity index is 1.75. The summed E-state index contributed by atoms with van der Waals surface area (Å²) in [4.78, 5) is 14.9. The predicted molar refractivity (Wildman–Crippen MR) is 91.5 cm³/mol. The first-order chi connectivity index (χ1) is 12.7. The van der Waals surface area contributed by atoms with Crippen LogP contribution in [-0.4, -0.2) is 56.1 Å².